The molecule has 0 radical (unpaired) electrons. The second-order valence-electron chi connectivity index (χ2n) is 4.86. The molecule has 1 unspecified atom stereocenters. The lowest BCUT2D eigenvalue weighted by molar-refractivity contribution is -0.117. The van der Waals surface area contributed by atoms with Gasteiger partial charge in [-0.25, -0.2) is 0 Å². The fraction of sp³-hybridized carbons (Fsp3) is 0.188. The molecule has 0 spiro atoms. The summed E-state index contributed by atoms with van der Waals surface area (Å²) < 4.78 is 18.5. The van der Waals surface area contributed by atoms with Crippen molar-refractivity contribution >= 4 is 16.7 Å². The summed E-state index contributed by atoms with van der Waals surface area (Å²) in [6, 6.07) is 15.1. The first-order valence-electron chi connectivity index (χ1n) is 6.68. The Morgan fingerprint density at radius 2 is 1.57 bits per heavy atom. The number of hydrogen-bond acceptors (Lipinski definition) is 3. The average molecular weight is 301 g/mol. The normalized spacial score (nSPS) is 14.7. The molecular formula is C16H15NO3S. The largest absolute Gasteiger partial charge is 0.457 e. The van der Waals surface area contributed by atoms with Gasteiger partial charge in [-0.1, -0.05) is 36.4 Å². The van der Waals surface area contributed by atoms with E-state index in [1.54, 1.807) is 0 Å². The highest BCUT2D eigenvalue weighted by Gasteiger charge is 2.31. The zero-order valence-electron chi connectivity index (χ0n) is 11.3. The van der Waals surface area contributed by atoms with Gasteiger partial charge in [0.2, 0.25) is 5.91 Å². The highest BCUT2D eigenvalue weighted by molar-refractivity contribution is 7.85. The first-order valence-corrected chi connectivity index (χ1v) is 8.06. The molecule has 0 aromatic heterocycles. The molecule has 108 valence electrons. The zero-order valence-corrected chi connectivity index (χ0v) is 12.1. The molecule has 1 heterocycles. The predicted octanol–water partition coefficient (Wildman–Crippen LogP) is 2.51. The first kappa shape index (κ1) is 13.8. The number of carbonyl (C=O) groups excluding carboxylic acids is 1. The molecule has 5 heteroatoms. The molecule has 0 bridgehead atoms. The maximum absolute atomic E-state index is 12.7. The number of primary amides is 1. The van der Waals surface area contributed by atoms with Crippen LogP contribution < -0.4 is 10.5 Å². The van der Waals surface area contributed by atoms with Gasteiger partial charge in [0.25, 0.3) is 0 Å². The number of amides is 1. The van der Waals surface area contributed by atoms with E-state index in [4.69, 9.17) is 10.5 Å². The molecule has 2 N–H and O–H groups in total. The molecule has 0 saturated heterocycles. The number of carbonyl (C=O) groups is 1. The van der Waals surface area contributed by atoms with Crippen molar-refractivity contribution in [3.8, 4) is 11.5 Å². The predicted molar refractivity (Wildman–Crippen MR) is 81.6 cm³/mol. The van der Waals surface area contributed by atoms with Crippen molar-refractivity contribution in [1.29, 1.82) is 0 Å². The number of rotatable bonds is 4. The fourth-order valence-electron chi connectivity index (χ4n) is 2.47. The Bertz CT molecular complexity index is 669. The van der Waals surface area contributed by atoms with E-state index < -0.39 is 16.7 Å². The summed E-state index contributed by atoms with van der Waals surface area (Å²) in [5.74, 6) is 1.25. The Morgan fingerprint density at radius 1 is 1.05 bits per heavy atom. The molecule has 1 amide bonds. The van der Waals surface area contributed by atoms with Crippen molar-refractivity contribution in [2.75, 3.05) is 5.75 Å². The quantitative estimate of drug-likeness (QED) is 0.943. The van der Waals surface area contributed by atoms with Crippen LogP contribution in [0, 0.1) is 0 Å². The van der Waals surface area contributed by atoms with Crippen LogP contribution >= 0.6 is 0 Å². The molecule has 0 aliphatic carbocycles. The summed E-state index contributed by atoms with van der Waals surface area (Å²) in [5, 5.41) is -0.287. The number of benzene rings is 2. The van der Waals surface area contributed by atoms with Crippen molar-refractivity contribution in [2.24, 2.45) is 5.73 Å². The molecule has 3 rings (SSSR count). The molecule has 4 nitrogen and oxygen atoms in total. The lowest BCUT2D eigenvalue weighted by Gasteiger charge is -2.27. The van der Waals surface area contributed by atoms with Gasteiger partial charge in [-0.15, -0.1) is 0 Å². The maximum atomic E-state index is 12.7. The van der Waals surface area contributed by atoms with Crippen molar-refractivity contribution in [1.82, 2.24) is 0 Å². The third-order valence-electron chi connectivity index (χ3n) is 3.44. The van der Waals surface area contributed by atoms with E-state index in [0.29, 0.717) is 11.5 Å². The highest BCUT2D eigenvalue weighted by atomic mass is 32.2. The van der Waals surface area contributed by atoms with Crippen LogP contribution in [0.1, 0.15) is 22.8 Å². The Hall–Kier alpha value is -2.14. The van der Waals surface area contributed by atoms with Gasteiger partial charge in [0.15, 0.2) is 0 Å². The van der Waals surface area contributed by atoms with E-state index >= 15 is 0 Å². The molecular weight excluding hydrogens is 286 g/mol. The zero-order chi connectivity index (χ0) is 14.8. The third-order valence-corrected chi connectivity index (χ3v) is 5.08. The molecule has 2 aromatic rings. The Labute approximate surface area is 125 Å². The smallest absolute Gasteiger partial charge is 0.218 e. The van der Waals surface area contributed by atoms with Crippen LogP contribution in [0.5, 0.6) is 11.5 Å². The molecule has 1 aliphatic rings. The number of fused-ring (bicyclic) bond motifs is 2. The topological polar surface area (TPSA) is 69.4 Å². The molecule has 2 aromatic carbocycles. The van der Waals surface area contributed by atoms with Crippen LogP contribution in [0.2, 0.25) is 0 Å². The summed E-state index contributed by atoms with van der Waals surface area (Å²) in [7, 11) is -1.23. The van der Waals surface area contributed by atoms with Crippen LogP contribution in [0.25, 0.3) is 0 Å². The summed E-state index contributed by atoms with van der Waals surface area (Å²) in [6.45, 7) is 0. The van der Waals surface area contributed by atoms with Crippen LogP contribution in [0.3, 0.4) is 0 Å². The van der Waals surface area contributed by atoms with Crippen molar-refractivity contribution in [3.63, 3.8) is 0 Å². The van der Waals surface area contributed by atoms with Gasteiger partial charge in [-0.2, -0.15) is 0 Å². The standard InChI is InChI=1S/C16H15NO3S/c17-15(18)9-10-21(19)16-11-5-1-3-7-13(11)20-14-8-4-2-6-12(14)16/h1-8,16H,9-10H2,(H2,17,18). The van der Waals surface area contributed by atoms with Crippen molar-refractivity contribution < 1.29 is 13.7 Å². The van der Waals surface area contributed by atoms with Gasteiger partial charge in [-0.05, 0) is 12.1 Å². The minimum absolute atomic E-state index is 0.119. The fourth-order valence-corrected chi connectivity index (χ4v) is 4.06. The number of nitrogens with two attached hydrogens (primary N) is 1. The maximum Gasteiger partial charge on any atom is 0.218 e. The van der Waals surface area contributed by atoms with Gasteiger partial charge in [0.1, 0.15) is 11.5 Å². The van der Waals surface area contributed by atoms with Gasteiger partial charge in [-0.3, -0.25) is 9.00 Å². The van der Waals surface area contributed by atoms with Crippen LogP contribution in [-0.2, 0) is 15.6 Å². The number of ether oxygens (including phenoxy) is 1. The monoisotopic (exact) mass is 301 g/mol. The minimum Gasteiger partial charge on any atom is -0.457 e. The number of hydrogen-bond donors (Lipinski definition) is 1. The molecule has 0 fully saturated rings. The van der Waals surface area contributed by atoms with E-state index in [2.05, 4.69) is 0 Å². The van der Waals surface area contributed by atoms with Crippen molar-refractivity contribution in [3.05, 3.63) is 59.7 Å². The van der Waals surface area contributed by atoms with E-state index in [-0.39, 0.29) is 17.4 Å². The Morgan fingerprint density at radius 3 is 2.10 bits per heavy atom. The molecule has 21 heavy (non-hydrogen) atoms. The van der Waals surface area contributed by atoms with Crippen LogP contribution in [0.15, 0.2) is 48.5 Å². The highest BCUT2D eigenvalue weighted by Crippen LogP contribution is 2.45. The van der Waals surface area contributed by atoms with Gasteiger partial charge in [0, 0.05) is 34.1 Å². The van der Waals surface area contributed by atoms with Gasteiger partial charge in [0.05, 0.1) is 5.25 Å². The SMILES string of the molecule is NC(=O)CCS(=O)C1c2ccccc2Oc2ccccc21. The van der Waals surface area contributed by atoms with E-state index in [1.807, 2.05) is 48.5 Å². The summed E-state index contributed by atoms with van der Waals surface area (Å²) in [4.78, 5) is 10.9. The Balaban J connectivity index is 2.02. The Kier molecular flexibility index (Phi) is 3.75. The second-order valence-corrected chi connectivity index (χ2v) is 6.50. The minimum atomic E-state index is -1.23. The molecule has 1 atom stereocenters. The summed E-state index contributed by atoms with van der Waals surface area (Å²) >= 11 is 0. The van der Waals surface area contributed by atoms with E-state index in [0.717, 1.165) is 11.1 Å². The first-order chi connectivity index (χ1) is 10.2. The summed E-state index contributed by atoms with van der Waals surface area (Å²) in [5.41, 5.74) is 6.94. The van der Waals surface area contributed by atoms with Crippen LogP contribution in [-0.4, -0.2) is 15.9 Å². The van der Waals surface area contributed by atoms with Gasteiger partial charge >= 0.3 is 0 Å². The van der Waals surface area contributed by atoms with E-state index in [1.165, 1.54) is 0 Å². The number of para-hydroxylation sites is 2. The lowest BCUT2D eigenvalue weighted by atomic mass is 10.00. The lowest BCUT2D eigenvalue weighted by Crippen LogP contribution is -2.20. The van der Waals surface area contributed by atoms with Crippen LogP contribution in [0.4, 0.5) is 0 Å². The average Bonchev–Trinajstić information content (AvgIpc) is 2.50. The summed E-state index contributed by atoms with van der Waals surface area (Å²) in [6.07, 6.45) is 0.119. The molecule has 0 saturated carbocycles. The molecule has 1 aliphatic heterocycles. The van der Waals surface area contributed by atoms with Crippen molar-refractivity contribution in [2.45, 2.75) is 11.7 Å². The van der Waals surface area contributed by atoms with E-state index in [9.17, 15) is 9.00 Å². The van der Waals surface area contributed by atoms with Gasteiger partial charge < -0.3 is 10.5 Å². The third kappa shape index (κ3) is 2.69. The second kappa shape index (κ2) is 5.69.